The Balaban J connectivity index is 1.85. The first-order valence-corrected chi connectivity index (χ1v) is 4.29. The summed E-state index contributed by atoms with van der Waals surface area (Å²) in [6, 6.07) is 0. The van der Waals surface area contributed by atoms with Crippen LogP contribution in [0.1, 0.15) is 19.3 Å². The monoisotopic (exact) mass is 141 g/mol. The van der Waals surface area contributed by atoms with Crippen LogP contribution in [-0.2, 0) is 4.74 Å². The Morgan fingerprint density at radius 2 is 2.30 bits per heavy atom. The maximum Gasteiger partial charge on any atom is 0.0616 e. The van der Waals surface area contributed by atoms with Gasteiger partial charge in [-0.2, -0.15) is 0 Å². The number of hydrogen-bond acceptors (Lipinski definition) is 2. The highest BCUT2D eigenvalue weighted by Gasteiger charge is 2.27. The van der Waals surface area contributed by atoms with Crippen molar-refractivity contribution in [1.82, 2.24) is 5.32 Å². The van der Waals surface area contributed by atoms with Crippen molar-refractivity contribution in [3.05, 3.63) is 0 Å². The molecule has 2 aliphatic rings. The molecule has 0 aromatic carbocycles. The summed E-state index contributed by atoms with van der Waals surface area (Å²) in [6.45, 7) is 3.39. The first-order chi connectivity index (χ1) is 4.97. The topological polar surface area (TPSA) is 21.3 Å². The molecule has 0 aromatic heterocycles. The Kier molecular flexibility index (Phi) is 1.91. The van der Waals surface area contributed by atoms with Gasteiger partial charge < -0.3 is 10.1 Å². The Morgan fingerprint density at radius 1 is 1.30 bits per heavy atom. The van der Waals surface area contributed by atoms with Gasteiger partial charge in [0.25, 0.3) is 0 Å². The molecule has 2 rings (SSSR count). The van der Waals surface area contributed by atoms with Gasteiger partial charge in [-0.25, -0.2) is 0 Å². The number of nitrogens with one attached hydrogen (secondary N) is 1. The molecule has 10 heavy (non-hydrogen) atoms. The van der Waals surface area contributed by atoms with Crippen LogP contribution in [-0.4, -0.2) is 25.8 Å². The van der Waals surface area contributed by atoms with Crippen LogP contribution in [0.3, 0.4) is 0 Å². The Bertz CT molecular complexity index is 89.8. The lowest BCUT2D eigenvalue weighted by Gasteiger charge is -2.15. The van der Waals surface area contributed by atoms with Crippen LogP contribution in [0.25, 0.3) is 0 Å². The SMILES string of the molecule is C1CO[C@H]([C@H]2CCNC2)C1. The van der Waals surface area contributed by atoms with E-state index in [2.05, 4.69) is 5.32 Å². The summed E-state index contributed by atoms with van der Waals surface area (Å²) in [6.07, 6.45) is 4.49. The summed E-state index contributed by atoms with van der Waals surface area (Å²) in [5.74, 6) is 0.822. The van der Waals surface area contributed by atoms with Gasteiger partial charge in [0.2, 0.25) is 0 Å². The predicted molar refractivity (Wildman–Crippen MR) is 40.0 cm³/mol. The number of hydrogen-bond donors (Lipinski definition) is 1. The number of rotatable bonds is 1. The summed E-state index contributed by atoms with van der Waals surface area (Å²) in [5, 5.41) is 3.37. The van der Waals surface area contributed by atoms with E-state index in [1.807, 2.05) is 0 Å². The second-order valence-electron chi connectivity index (χ2n) is 3.30. The molecule has 0 radical (unpaired) electrons. The molecule has 0 spiro atoms. The van der Waals surface area contributed by atoms with Crippen LogP contribution >= 0.6 is 0 Å². The van der Waals surface area contributed by atoms with Crippen molar-refractivity contribution in [3.8, 4) is 0 Å². The minimum Gasteiger partial charge on any atom is -0.378 e. The van der Waals surface area contributed by atoms with E-state index < -0.39 is 0 Å². The zero-order valence-electron chi connectivity index (χ0n) is 6.31. The van der Waals surface area contributed by atoms with Crippen molar-refractivity contribution in [2.75, 3.05) is 19.7 Å². The average molecular weight is 141 g/mol. The van der Waals surface area contributed by atoms with Gasteiger partial charge in [0.15, 0.2) is 0 Å². The molecule has 0 bridgehead atoms. The Morgan fingerprint density at radius 3 is 2.90 bits per heavy atom. The maximum atomic E-state index is 5.60. The van der Waals surface area contributed by atoms with Crippen LogP contribution in [0, 0.1) is 5.92 Å². The fourth-order valence-electron chi connectivity index (χ4n) is 1.97. The molecule has 2 saturated heterocycles. The molecule has 0 aromatic rings. The minimum atomic E-state index is 0.593. The van der Waals surface area contributed by atoms with Crippen LogP contribution < -0.4 is 5.32 Å². The minimum absolute atomic E-state index is 0.593. The van der Waals surface area contributed by atoms with Crippen molar-refractivity contribution >= 4 is 0 Å². The summed E-state index contributed by atoms with van der Waals surface area (Å²) in [5.41, 5.74) is 0. The van der Waals surface area contributed by atoms with Crippen LogP contribution in [0.5, 0.6) is 0 Å². The van der Waals surface area contributed by atoms with Crippen molar-refractivity contribution in [3.63, 3.8) is 0 Å². The highest BCUT2D eigenvalue weighted by Crippen LogP contribution is 2.24. The van der Waals surface area contributed by atoms with Crippen molar-refractivity contribution in [1.29, 1.82) is 0 Å². The van der Waals surface area contributed by atoms with E-state index in [1.165, 1.54) is 32.4 Å². The molecular weight excluding hydrogens is 126 g/mol. The summed E-state index contributed by atoms with van der Waals surface area (Å²) in [4.78, 5) is 0. The quantitative estimate of drug-likeness (QED) is 0.582. The fraction of sp³-hybridized carbons (Fsp3) is 1.00. The van der Waals surface area contributed by atoms with Gasteiger partial charge >= 0.3 is 0 Å². The van der Waals surface area contributed by atoms with Gasteiger partial charge in [-0.05, 0) is 31.7 Å². The lowest BCUT2D eigenvalue weighted by atomic mass is 10.00. The van der Waals surface area contributed by atoms with Gasteiger partial charge in [0.05, 0.1) is 6.10 Å². The molecule has 2 fully saturated rings. The van der Waals surface area contributed by atoms with E-state index >= 15 is 0 Å². The summed E-state index contributed by atoms with van der Waals surface area (Å²) in [7, 11) is 0. The van der Waals surface area contributed by atoms with Crippen LogP contribution in [0.15, 0.2) is 0 Å². The summed E-state index contributed by atoms with van der Waals surface area (Å²) >= 11 is 0. The molecule has 0 unspecified atom stereocenters. The second-order valence-corrected chi connectivity index (χ2v) is 3.30. The maximum absolute atomic E-state index is 5.60. The molecule has 1 N–H and O–H groups in total. The molecule has 2 heteroatoms. The normalized spacial score (nSPS) is 40.8. The van der Waals surface area contributed by atoms with Crippen molar-refractivity contribution in [2.24, 2.45) is 5.92 Å². The number of ether oxygens (including phenoxy) is 1. The molecule has 0 aliphatic carbocycles. The van der Waals surface area contributed by atoms with Gasteiger partial charge in [-0.1, -0.05) is 0 Å². The van der Waals surface area contributed by atoms with Crippen LogP contribution in [0.4, 0.5) is 0 Å². The molecule has 2 aliphatic heterocycles. The lowest BCUT2D eigenvalue weighted by molar-refractivity contribution is 0.0700. The van der Waals surface area contributed by atoms with E-state index in [4.69, 9.17) is 4.74 Å². The van der Waals surface area contributed by atoms with E-state index in [9.17, 15) is 0 Å². The lowest BCUT2D eigenvalue weighted by Crippen LogP contribution is -2.21. The molecule has 2 nitrogen and oxygen atoms in total. The highest BCUT2D eigenvalue weighted by atomic mass is 16.5. The standard InChI is InChI=1S/C8H15NO/c1-2-8(10-5-1)7-3-4-9-6-7/h7-9H,1-6H2/t7-,8-/m0/s1. The smallest absolute Gasteiger partial charge is 0.0616 e. The first kappa shape index (κ1) is 6.62. The third kappa shape index (κ3) is 1.18. The largest absolute Gasteiger partial charge is 0.378 e. The van der Waals surface area contributed by atoms with E-state index in [0.29, 0.717) is 6.10 Å². The Labute approximate surface area is 61.9 Å². The molecular formula is C8H15NO. The average Bonchev–Trinajstić information content (AvgIpc) is 2.59. The van der Waals surface area contributed by atoms with Gasteiger partial charge in [-0.15, -0.1) is 0 Å². The van der Waals surface area contributed by atoms with Crippen molar-refractivity contribution in [2.45, 2.75) is 25.4 Å². The third-order valence-electron chi connectivity index (χ3n) is 2.59. The molecule has 0 amide bonds. The molecule has 0 saturated carbocycles. The van der Waals surface area contributed by atoms with E-state index in [0.717, 1.165) is 12.5 Å². The van der Waals surface area contributed by atoms with E-state index in [-0.39, 0.29) is 0 Å². The molecule has 58 valence electrons. The van der Waals surface area contributed by atoms with Gasteiger partial charge in [0, 0.05) is 13.2 Å². The zero-order chi connectivity index (χ0) is 6.81. The molecule has 2 heterocycles. The molecule has 2 atom stereocenters. The zero-order valence-corrected chi connectivity index (χ0v) is 6.31. The fourth-order valence-corrected chi connectivity index (χ4v) is 1.97. The third-order valence-corrected chi connectivity index (χ3v) is 2.59. The van der Waals surface area contributed by atoms with Crippen molar-refractivity contribution < 1.29 is 4.74 Å². The van der Waals surface area contributed by atoms with Gasteiger partial charge in [0.1, 0.15) is 0 Å². The second kappa shape index (κ2) is 2.89. The van der Waals surface area contributed by atoms with Gasteiger partial charge in [-0.3, -0.25) is 0 Å². The highest BCUT2D eigenvalue weighted by molar-refractivity contribution is 4.81. The Hall–Kier alpha value is -0.0800. The summed E-state index contributed by atoms with van der Waals surface area (Å²) < 4.78 is 5.60. The van der Waals surface area contributed by atoms with E-state index in [1.54, 1.807) is 0 Å². The predicted octanol–water partition coefficient (Wildman–Crippen LogP) is 0.775. The van der Waals surface area contributed by atoms with Crippen LogP contribution in [0.2, 0.25) is 0 Å². The first-order valence-electron chi connectivity index (χ1n) is 4.29.